The van der Waals surface area contributed by atoms with Crippen LogP contribution in [0.4, 0.5) is 0 Å². The minimum atomic E-state index is -0.00860. The molecule has 1 fully saturated rings. The molecule has 1 aliphatic heterocycles. The number of carbonyl (C=O) groups is 1. The second-order valence-corrected chi connectivity index (χ2v) is 5.47. The predicted octanol–water partition coefficient (Wildman–Crippen LogP) is 1.80. The third kappa shape index (κ3) is 3.70. The Labute approximate surface area is 124 Å². The average Bonchev–Trinajstić information content (AvgIpc) is 3.05. The van der Waals surface area contributed by atoms with E-state index in [1.807, 2.05) is 18.3 Å². The van der Waals surface area contributed by atoms with Crippen LogP contribution in [0, 0.1) is 0 Å². The van der Waals surface area contributed by atoms with E-state index in [-0.39, 0.29) is 11.9 Å². The molecule has 5 heteroatoms. The van der Waals surface area contributed by atoms with E-state index in [9.17, 15) is 4.79 Å². The van der Waals surface area contributed by atoms with Crippen LogP contribution in [0.2, 0.25) is 0 Å². The van der Waals surface area contributed by atoms with Crippen LogP contribution < -0.4 is 5.32 Å². The van der Waals surface area contributed by atoms with Crippen LogP contribution >= 0.6 is 0 Å². The van der Waals surface area contributed by atoms with Gasteiger partial charge in [0.25, 0.3) is 5.91 Å². The Morgan fingerprint density at radius 3 is 2.86 bits per heavy atom. The van der Waals surface area contributed by atoms with Crippen molar-refractivity contribution in [1.82, 2.24) is 20.2 Å². The first-order valence-electron chi connectivity index (χ1n) is 7.37. The molecule has 3 rings (SSSR count). The van der Waals surface area contributed by atoms with Gasteiger partial charge in [0.1, 0.15) is 5.69 Å². The lowest BCUT2D eigenvalue weighted by Crippen LogP contribution is -2.44. The van der Waals surface area contributed by atoms with Crippen molar-refractivity contribution in [3.63, 3.8) is 0 Å². The van der Waals surface area contributed by atoms with E-state index in [0.29, 0.717) is 5.69 Å². The van der Waals surface area contributed by atoms with Gasteiger partial charge in [-0.2, -0.15) is 0 Å². The number of hydrogen-bond acceptors (Lipinski definition) is 3. The zero-order chi connectivity index (χ0) is 14.5. The summed E-state index contributed by atoms with van der Waals surface area (Å²) in [6.45, 7) is 2.94. The minimum absolute atomic E-state index is 0.00860. The first-order valence-corrected chi connectivity index (χ1v) is 7.37. The maximum absolute atomic E-state index is 12.0. The monoisotopic (exact) mass is 284 g/mol. The minimum Gasteiger partial charge on any atom is -0.357 e. The van der Waals surface area contributed by atoms with Gasteiger partial charge in [-0.3, -0.25) is 14.7 Å². The molecule has 0 bridgehead atoms. The van der Waals surface area contributed by atoms with Crippen molar-refractivity contribution in [1.29, 1.82) is 0 Å². The normalized spacial score (nSPS) is 16.8. The van der Waals surface area contributed by atoms with Crippen LogP contribution in [0.1, 0.15) is 28.9 Å². The summed E-state index contributed by atoms with van der Waals surface area (Å²) in [4.78, 5) is 21.5. The van der Waals surface area contributed by atoms with E-state index in [1.165, 1.54) is 5.56 Å². The number of piperidine rings is 1. The summed E-state index contributed by atoms with van der Waals surface area (Å²) >= 11 is 0. The predicted molar refractivity (Wildman–Crippen MR) is 80.8 cm³/mol. The molecule has 2 aromatic heterocycles. The molecular formula is C16H20N4O. The first-order chi connectivity index (χ1) is 10.3. The Bertz CT molecular complexity index is 559. The number of amides is 1. The van der Waals surface area contributed by atoms with Crippen LogP contribution in [-0.4, -0.2) is 39.9 Å². The van der Waals surface area contributed by atoms with Gasteiger partial charge in [0.05, 0.1) is 0 Å². The zero-order valence-electron chi connectivity index (χ0n) is 12.0. The summed E-state index contributed by atoms with van der Waals surface area (Å²) in [5, 5.41) is 3.10. The van der Waals surface area contributed by atoms with Crippen molar-refractivity contribution in [2.75, 3.05) is 13.1 Å². The molecule has 2 N–H and O–H groups in total. The van der Waals surface area contributed by atoms with E-state index in [1.54, 1.807) is 18.5 Å². The van der Waals surface area contributed by atoms with E-state index < -0.39 is 0 Å². The molecule has 0 aromatic carbocycles. The summed E-state index contributed by atoms with van der Waals surface area (Å²) in [6.07, 6.45) is 7.47. The number of nitrogens with one attached hydrogen (secondary N) is 2. The quantitative estimate of drug-likeness (QED) is 0.900. The Hall–Kier alpha value is -2.14. The van der Waals surface area contributed by atoms with E-state index in [2.05, 4.69) is 26.3 Å². The smallest absolute Gasteiger partial charge is 0.267 e. The second-order valence-electron chi connectivity index (χ2n) is 5.47. The molecule has 1 aliphatic rings. The van der Waals surface area contributed by atoms with E-state index in [0.717, 1.165) is 32.5 Å². The summed E-state index contributed by atoms with van der Waals surface area (Å²) in [7, 11) is 0. The summed E-state index contributed by atoms with van der Waals surface area (Å²) in [6, 6.07) is 7.98. The van der Waals surface area contributed by atoms with Gasteiger partial charge >= 0.3 is 0 Å². The summed E-state index contributed by atoms with van der Waals surface area (Å²) in [5.41, 5.74) is 1.87. The molecule has 0 atom stereocenters. The number of nitrogens with zero attached hydrogens (tertiary/aromatic N) is 2. The number of aromatic nitrogens is 2. The fourth-order valence-electron chi connectivity index (χ4n) is 2.72. The number of aromatic amines is 1. The van der Waals surface area contributed by atoms with Crippen LogP contribution in [0.25, 0.3) is 0 Å². The largest absolute Gasteiger partial charge is 0.357 e. The van der Waals surface area contributed by atoms with Crippen molar-refractivity contribution < 1.29 is 4.79 Å². The lowest BCUT2D eigenvalue weighted by atomic mass is 10.0. The third-order valence-electron chi connectivity index (χ3n) is 3.89. The molecular weight excluding hydrogens is 264 g/mol. The highest BCUT2D eigenvalue weighted by Gasteiger charge is 2.21. The maximum Gasteiger partial charge on any atom is 0.267 e. The Balaban J connectivity index is 1.46. The van der Waals surface area contributed by atoms with Crippen molar-refractivity contribution in [2.45, 2.75) is 25.4 Å². The molecule has 1 amide bonds. The van der Waals surface area contributed by atoms with Gasteiger partial charge in [0.2, 0.25) is 0 Å². The molecule has 0 aliphatic carbocycles. The molecule has 21 heavy (non-hydrogen) atoms. The van der Waals surface area contributed by atoms with Gasteiger partial charge < -0.3 is 10.3 Å². The zero-order valence-corrected chi connectivity index (χ0v) is 12.0. The first kappa shape index (κ1) is 13.8. The summed E-state index contributed by atoms with van der Waals surface area (Å²) in [5.74, 6) is -0.00860. The molecule has 0 saturated carbocycles. The van der Waals surface area contributed by atoms with Crippen molar-refractivity contribution >= 4 is 5.91 Å². The number of pyridine rings is 1. The molecule has 0 radical (unpaired) electrons. The van der Waals surface area contributed by atoms with E-state index in [4.69, 9.17) is 0 Å². The van der Waals surface area contributed by atoms with Gasteiger partial charge in [-0.15, -0.1) is 0 Å². The molecule has 1 saturated heterocycles. The van der Waals surface area contributed by atoms with Crippen LogP contribution in [0.5, 0.6) is 0 Å². The fourth-order valence-corrected chi connectivity index (χ4v) is 2.72. The summed E-state index contributed by atoms with van der Waals surface area (Å²) < 4.78 is 0. The van der Waals surface area contributed by atoms with Crippen LogP contribution in [0.3, 0.4) is 0 Å². The van der Waals surface area contributed by atoms with Crippen LogP contribution in [-0.2, 0) is 6.54 Å². The number of carbonyl (C=O) groups excluding carboxylic acids is 1. The molecule has 5 nitrogen and oxygen atoms in total. The van der Waals surface area contributed by atoms with Gasteiger partial charge in [0, 0.05) is 44.3 Å². The van der Waals surface area contributed by atoms with Gasteiger partial charge in [-0.1, -0.05) is 6.07 Å². The second kappa shape index (κ2) is 6.54. The highest BCUT2D eigenvalue weighted by Crippen LogP contribution is 2.13. The number of rotatable bonds is 4. The molecule has 0 unspecified atom stereocenters. The highest BCUT2D eigenvalue weighted by molar-refractivity contribution is 5.92. The van der Waals surface area contributed by atoms with Crippen LogP contribution in [0.15, 0.2) is 42.9 Å². The van der Waals surface area contributed by atoms with Crippen molar-refractivity contribution in [3.8, 4) is 0 Å². The number of likely N-dealkylation sites (tertiary alicyclic amines) is 1. The Morgan fingerprint density at radius 2 is 2.19 bits per heavy atom. The van der Waals surface area contributed by atoms with Crippen molar-refractivity contribution in [3.05, 3.63) is 54.1 Å². The molecule has 2 aromatic rings. The van der Waals surface area contributed by atoms with E-state index >= 15 is 0 Å². The average molecular weight is 284 g/mol. The Kier molecular flexibility index (Phi) is 4.31. The van der Waals surface area contributed by atoms with Gasteiger partial charge in [0.15, 0.2) is 0 Å². The molecule has 0 spiro atoms. The standard InChI is InChI=1S/C16H20N4O/c21-16(15-4-2-8-18-15)19-14-5-9-20(10-6-14)12-13-3-1-7-17-11-13/h1-4,7-8,11,14,18H,5-6,9-10,12H2,(H,19,21). The molecule has 110 valence electrons. The maximum atomic E-state index is 12.0. The molecule has 3 heterocycles. The van der Waals surface area contributed by atoms with Gasteiger partial charge in [-0.25, -0.2) is 0 Å². The fraction of sp³-hybridized carbons (Fsp3) is 0.375. The highest BCUT2D eigenvalue weighted by atomic mass is 16.1. The number of hydrogen-bond donors (Lipinski definition) is 2. The lowest BCUT2D eigenvalue weighted by Gasteiger charge is -2.32. The van der Waals surface area contributed by atoms with Crippen molar-refractivity contribution in [2.24, 2.45) is 0 Å². The van der Waals surface area contributed by atoms with Gasteiger partial charge in [-0.05, 0) is 36.6 Å². The number of H-pyrrole nitrogens is 1. The lowest BCUT2D eigenvalue weighted by molar-refractivity contribution is 0.0904. The Morgan fingerprint density at radius 1 is 1.33 bits per heavy atom. The third-order valence-corrected chi connectivity index (χ3v) is 3.89. The topological polar surface area (TPSA) is 61.0 Å². The SMILES string of the molecule is O=C(NC1CCN(Cc2cccnc2)CC1)c1ccc[nH]1.